The van der Waals surface area contributed by atoms with Gasteiger partial charge in [0, 0.05) is 25.7 Å². The average Bonchev–Trinajstić information content (AvgIpc) is 2.28. The lowest BCUT2D eigenvalue weighted by atomic mass is 10.1. The van der Waals surface area contributed by atoms with Gasteiger partial charge in [0.2, 0.25) is 0 Å². The quantitative estimate of drug-likeness (QED) is 0.576. The lowest BCUT2D eigenvalue weighted by Gasteiger charge is -2.20. The molecule has 0 radical (unpaired) electrons. The molecule has 1 aromatic heterocycles. The van der Waals surface area contributed by atoms with Crippen molar-refractivity contribution in [2.24, 2.45) is 7.05 Å². The van der Waals surface area contributed by atoms with Crippen molar-refractivity contribution < 1.29 is 0 Å². The van der Waals surface area contributed by atoms with E-state index in [1.807, 2.05) is 0 Å². The minimum absolute atomic E-state index is 0.137. The van der Waals surface area contributed by atoms with Crippen LogP contribution in [-0.2, 0) is 20.0 Å². The van der Waals surface area contributed by atoms with Crippen molar-refractivity contribution in [3.63, 3.8) is 0 Å². The first-order chi connectivity index (χ1) is 5.68. The van der Waals surface area contributed by atoms with Gasteiger partial charge in [0.1, 0.15) is 0 Å². The molecule has 4 nitrogen and oxygen atoms in total. The van der Waals surface area contributed by atoms with Crippen LogP contribution in [0.5, 0.6) is 0 Å². The Kier molecular flexibility index (Phi) is 1.58. The van der Waals surface area contributed by atoms with Crippen LogP contribution in [0.1, 0.15) is 11.3 Å². The molecule has 4 heteroatoms. The van der Waals surface area contributed by atoms with Crippen molar-refractivity contribution >= 4 is 0 Å². The van der Waals surface area contributed by atoms with Gasteiger partial charge in [-0.05, 0) is 13.5 Å². The number of aromatic amines is 1. The van der Waals surface area contributed by atoms with E-state index in [1.54, 1.807) is 11.7 Å². The SMILES string of the molecule is CN1CCc2c([nH]n(C)c2=O)C1. The zero-order valence-electron chi connectivity index (χ0n) is 7.42. The Morgan fingerprint density at radius 3 is 2.92 bits per heavy atom. The van der Waals surface area contributed by atoms with Crippen molar-refractivity contribution in [1.82, 2.24) is 14.7 Å². The van der Waals surface area contributed by atoms with Gasteiger partial charge >= 0.3 is 0 Å². The van der Waals surface area contributed by atoms with Gasteiger partial charge in [-0.1, -0.05) is 0 Å². The van der Waals surface area contributed by atoms with Crippen LogP contribution in [0.4, 0.5) is 0 Å². The zero-order valence-corrected chi connectivity index (χ0v) is 7.42. The number of H-pyrrole nitrogens is 1. The molecule has 0 amide bonds. The average molecular weight is 167 g/mol. The van der Waals surface area contributed by atoms with Crippen LogP contribution in [0.25, 0.3) is 0 Å². The lowest BCUT2D eigenvalue weighted by Crippen LogP contribution is -2.28. The van der Waals surface area contributed by atoms with Crippen LogP contribution >= 0.6 is 0 Å². The summed E-state index contributed by atoms with van der Waals surface area (Å²) < 4.78 is 1.56. The van der Waals surface area contributed by atoms with Gasteiger partial charge < -0.3 is 4.90 Å². The summed E-state index contributed by atoms with van der Waals surface area (Å²) in [5.41, 5.74) is 2.19. The van der Waals surface area contributed by atoms with E-state index in [4.69, 9.17) is 0 Å². The maximum atomic E-state index is 11.4. The topological polar surface area (TPSA) is 41.0 Å². The summed E-state index contributed by atoms with van der Waals surface area (Å²) in [6.45, 7) is 1.85. The highest BCUT2D eigenvalue weighted by Gasteiger charge is 2.18. The number of fused-ring (bicyclic) bond motifs is 1. The molecule has 1 aliphatic heterocycles. The van der Waals surface area contributed by atoms with Gasteiger partial charge in [-0.25, -0.2) is 0 Å². The lowest BCUT2D eigenvalue weighted by molar-refractivity contribution is 0.308. The molecule has 0 bridgehead atoms. The van der Waals surface area contributed by atoms with Crippen LogP contribution in [0.3, 0.4) is 0 Å². The fourth-order valence-corrected chi connectivity index (χ4v) is 1.69. The van der Waals surface area contributed by atoms with Crippen molar-refractivity contribution in [2.45, 2.75) is 13.0 Å². The molecule has 0 aliphatic carbocycles. The minimum Gasteiger partial charge on any atom is -0.300 e. The van der Waals surface area contributed by atoms with E-state index >= 15 is 0 Å². The van der Waals surface area contributed by atoms with Gasteiger partial charge in [0.15, 0.2) is 0 Å². The van der Waals surface area contributed by atoms with E-state index < -0.39 is 0 Å². The van der Waals surface area contributed by atoms with E-state index in [-0.39, 0.29) is 5.56 Å². The molecule has 0 saturated heterocycles. The van der Waals surface area contributed by atoms with Crippen LogP contribution in [0.15, 0.2) is 4.79 Å². The highest BCUT2D eigenvalue weighted by molar-refractivity contribution is 5.19. The Hall–Kier alpha value is -1.03. The largest absolute Gasteiger partial charge is 0.300 e. The van der Waals surface area contributed by atoms with Crippen LogP contribution < -0.4 is 5.56 Å². The Morgan fingerprint density at radius 1 is 1.42 bits per heavy atom. The standard InChI is InChI=1S/C8H13N3O/c1-10-4-3-6-7(5-10)9-11(2)8(6)12/h9H,3-5H2,1-2H3. The van der Waals surface area contributed by atoms with Crippen LogP contribution in [0, 0.1) is 0 Å². The monoisotopic (exact) mass is 167 g/mol. The van der Waals surface area contributed by atoms with E-state index in [1.165, 1.54) is 0 Å². The fourth-order valence-electron chi connectivity index (χ4n) is 1.69. The third kappa shape index (κ3) is 0.992. The molecule has 0 aromatic carbocycles. The second-order valence-electron chi connectivity index (χ2n) is 3.42. The molecule has 0 fully saturated rings. The predicted molar refractivity (Wildman–Crippen MR) is 46.1 cm³/mol. The molecule has 0 spiro atoms. The van der Waals surface area contributed by atoms with E-state index in [2.05, 4.69) is 17.0 Å². The molecule has 1 aromatic rings. The number of nitrogens with one attached hydrogen (secondary N) is 1. The normalized spacial score (nSPS) is 17.8. The number of aryl methyl sites for hydroxylation is 1. The first kappa shape index (κ1) is 7.61. The summed E-state index contributed by atoms with van der Waals surface area (Å²) in [5, 5.41) is 3.06. The summed E-state index contributed by atoms with van der Waals surface area (Å²) in [4.78, 5) is 13.6. The molecule has 1 aliphatic rings. The van der Waals surface area contributed by atoms with Crippen molar-refractivity contribution in [1.29, 1.82) is 0 Å². The molecule has 66 valence electrons. The molecule has 12 heavy (non-hydrogen) atoms. The maximum absolute atomic E-state index is 11.4. The molecule has 0 atom stereocenters. The zero-order chi connectivity index (χ0) is 8.72. The third-order valence-corrected chi connectivity index (χ3v) is 2.40. The van der Waals surface area contributed by atoms with Crippen molar-refractivity contribution in [2.75, 3.05) is 13.6 Å². The highest BCUT2D eigenvalue weighted by atomic mass is 16.1. The number of nitrogens with zero attached hydrogens (tertiary/aromatic N) is 2. The van der Waals surface area contributed by atoms with E-state index in [0.29, 0.717) is 0 Å². The number of hydrogen-bond donors (Lipinski definition) is 1. The second kappa shape index (κ2) is 2.48. The molecule has 2 rings (SSSR count). The van der Waals surface area contributed by atoms with Crippen LogP contribution in [-0.4, -0.2) is 28.3 Å². The van der Waals surface area contributed by atoms with Crippen LogP contribution in [0.2, 0.25) is 0 Å². The summed E-state index contributed by atoms with van der Waals surface area (Å²) in [7, 11) is 3.83. The summed E-state index contributed by atoms with van der Waals surface area (Å²) in [5.74, 6) is 0. The fraction of sp³-hybridized carbons (Fsp3) is 0.625. The molecule has 2 heterocycles. The third-order valence-electron chi connectivity index (χ3n) is 2.40. The van der Waals surface area contributed by atoms with Crippen molar-refractivity contribution in [3.8, 4) is 0 Å². The van der Waals surface area contributed by atoms with Gasteiger partial charge in [0.05, 0.1) is 5.69 Å². The number of aromatic nitrogens is 2. The summed E-state index contributed by atoms with van der Waals surface area (Å²) >= 11 is 0. The molecular formula is C8H13N3O. The molecule has 0 unspecified atom stereocenters. The van der Waals surface area contributed by atoms with Gasteiger partial charge in [-0.2, -0.15) is 0 Å². The van der Waals surface area contributed by atoms with Gasteiger partial charge in [-0.15, -0.1) is 0 Å². The number of hydrogen-bond acceptors (Lipinski definition) is 2. The minimum atomic E-state index is 0.137. The smallest absolute Gasteiger partial charge is 0.269 e. The molecule has 0 saturated carbocycles. The highest BCUT2D eigenvalue weighted by Crippen LogP contribution is 2.11. The van der Waals surface area contributed by atoms with Gasteiger partial charge in [-0.3, -0.25) is 14.6 Å². The van der Waals surface area contributed by atoms with Gasteiger partial charge in [0.25, 0.3) is 5.56 Å². The number of rotatable bonds is 0. The Bertz CT molecular complexity index is 350. The van der Waals surface area contributed by atoms with E-state index in [9.17, 15) is 4.79 Å². The summed E-state index contributed by atoms with van der Waals surface area (Å²) in [6, 6.07) is 0. The summed E-state index contributed by atoms with van der Waals surface area (Å²) in [6.07, 6.45) is 0.877. The first-order valence-corrected chi connectivity index (χ1v) is 4.14. The molecule has 1 N–H and O–H groups in total. The molecular weight excluding hydrogens is 154 g/mol. The Morgan fingerprint density at radius 2 is 2.17 bits per heavy atom. The maximum Gasteiger partial charge on any atom is 0.269 e. The Labute approximate surface area is 70.8 Å². The predicted octanol–water partition coefficient (Wildman–Crippen LogP) is -0.299. The Balaban J connectivity index is 2.50. The van der Waals surface area contributed by atoms with E-state index in [0.717, 1.165) is 30.8 Å². The number of likely N-dealkylation sites (N-methyl/N-ethyl adjacent to an activating group) is 1. The first-order valence-electron chi connectivity index (χ1n) is 4.14. The van der Waals surface area contributed by atoms with Crippen molar-refractivity contribution in [3.05, 3.63) is 21.6 Å². The second-order valence-corrected chi connectivity index (χ2v) is 3.42.